The van der Waals surface area contributed by atoms with Crippen molar-refractivity contribution < 1.29 is 4.39 Å². The molecule has 19 heavy (non-hydrogen) atoms. The highest BCUT2D eigenvalue weighted by Crippen LogP contribution is 2.28. The Kier molecular flexibility index (Phi) is 4.42. The van der Waals surface area contributed by atoms with Crippen molar-refractivity contribution in [2.75, 3.05) is 38.6 Å². The molecule has 2 N–H and O–H groups in total. The molecule has 1 fully saturated rings. The normalized spacial score (nSPS) is 23.4. The van der Waals surface area contributed by atoms with Crippen LogP contribution >= 0.6 is 0 Å². The number of rotatable bonds is 4. The van der Waals surface area contributed by atoms with Crippen LogP contribution in [0.2, 0.25) is 0 Å². The molecule has 1 saturated heterocycles. The summed E-state index contributed by atoms with van der Waals surface area (Å²) in [6.45, 7) is 4.59. The zero-order valence-electron chi connectivity index (χ0n) is 12.1. The van der Waals surface area contributed by atoms with Gasteiger partial charge in [-0.3, -0.25) is 0 Å². The number of nitrogens with zero attached hydrogens (tertiary/aromatic N) is 2. The average Bonchev–Trinajstić information content (AvgIpc) is 2.72. The van der Waals surface area contributed by atoms with Gasteiger partial charge in [0.05, 0.1) is 5.69 Å². The van der Waals surface area contributed by atoms with Gasteiger partial charge in [-0.05, 0) is 50.7 Å². The molecule has 106 valence electrons. The fourth-order valence-corrected chi connectivity index (χ4v) is 2.95. The van der Waals surface area contributed by atoms with Crippen LogP contribution in [0.5, 0.6) is 0 Å². The molecule has 1 aromatic carbocycles. The lowest BCUT2D eigenvalue weighted by atomic mass is 10.1. The van der Waals surface area contributed by atoms with Gasteiger partial charge in [-0.2, -0.15) is 0 Å². The molecular weight excluding hydrogens is 241 g/mol. The SMILES string of the molecule is CC1CN(c2ccc(CCN)cc2F)CC1N(C)C. The predicted octanol–water partition coefficient (Wildman–Crippen LogP) is 1.71. The van der Waals surface area contributed by atoms with Crippen LogP contribution in [-0.2, 0) is 6.42 Å². The molecule has 0 amide bonds. The Morgan fingerprint density at radius 3 is 2.63 bits per heavy atom. The summed E-state index contributed by atoms with van der Waals surface area (Å²) in [4.78, 5) is 4.38. The van der Waals surface area contributed by atoms with Gasteiger partial charge in [0, 0.05) is 19.1 Å². The zero-order chi connectivity index (χ0) is 14.0. The van der Waals surface area contributed by atoms with Gasteiger partial charge in [-0.15, -0.1) is 0 Å². The minimum absolute atomic E-state index is 0.127. The van der Waals surface area contributed by atoms with E-state index in [-0.39, 0.29) is 5.82 Å². The minimum atomic E-state index is -0.127. The summed E-state index contributed by atoms with van der Waals surface area (Å²) < 4.78 is 14.2. The van der Waals surface area contributed by atoms with Crippen molar-refractivity contribution in [2.45, 2.75) is 19.4 Å². The third-order valence-corrected chi connectivity index (χ3v) is 4.02. The lowest BCUT2D eigenvalue weighted by Crippen LogP contribution is -2.34. The van der Waals surface area contributed by atoms with Crippen LogP contribution in [-0.4, -0.2) is 44.7 Å². The molecule has 0 aliphatic carbocycles. The number of hydrogen-bond acceptors (Lipinski definition) is 3. The molecule has 1 aromatic rings. The summed E-state index contributed by atoms with van der Waals surface area (Å²) in [7, 11) is 4.18. The fourth-order valence-electron chi connectivity index (χ4n) is 2.95. The number of nitrogens with two attached hydrogens (primary N) is 1. The number of hydrogen-bond donors (Lipinski definition) is 1. The van der Waals surface area contributed by atoms with Crippen LogP contribution in [0.3, 0.4) is 0 Å². The molecule has 1 aliphatic rings. The quantitative estimate of drug-likeness (QED) is 0.899. The van der Waals surface area contributed by atoms with Gasteiger partial charge in [0.1, 0.15) is 5.82 Å². The van der Waals surface area contributed by atoms with Gasteiger partial charge >= 0.3 is 0 Å². The summed E-state index contributed by atoms with van der Waals surface area (Å²) in [6, 6.07) is 5.99. The van der Waals surface area contributed by atoms with E-state index >= 15 is 0 Å². The second-order valence-corrected chi connectivity index (χ2v) is 5.74. The Morgan fingerprint density at radius 2 is 2.11 bits per heavy atom. The summed E-state index contributed by atoms with van der Waals surface area (Å²) >= 11 is 0. The van der Waals surface area contributed by atoms with Crippen LogP contribution in [0.15, 0.2) is 18.2 Å². The fraction of sp³-hybridized carbons (Fsp3) is 0.600. The van der Waals surface area contributed by atoms with E-state index in [4.69, 9.17) is 5.73 Å². The van der Waals surface area contributed by atoms with Crippen molar-refractivity contribution in [3.8, 4) is 0 Å². The first-order valence-electron chi connectivity index (χ1n) is 6.92. The number of benzene rings is 1. The summed E-state index contributed by atoms with van der Waals surface area (Å²) in [5.41, 5.74) is 7.19. The van der Waals surface area contributed by atoms with Crippen LogP contribution in [0, 0.1) is 11.7 Å². The smallest absolute Gasteiger partial charge is 0.146 e. The van der Waals surface area contributed by atoms with Crippen molar-refractivity contribution in [1.29, 1.82) is 0 Å². The molecule has 1 heterocycles. The summed E-state index contributed by atoms with van der Waals surface area (Å²) in [5, 5.41) is 0. The van der Waals surface area contributed by atoms with Crippen LogP contribution in [0.1, 0.15) is 12.5 Å². The Bertz CT molecular complexity index is 433. The van der Waals surface area contributed by atoms with Crippen LogP contribution < -0.4 is 10.6 Å². The second kappa shape index (κ2) is 5.88. The third-order valence-electron chi connectivity index (χ3n) is 4.02. The Balaban J connectivity index is 2.15. The van der Waals surface area contributed by atoms with E-state index in [1.165, 1.54) is 0 Å². The lowest BCUT2D eigenvalue weighted by Gasteiger charge is -2.23. The van der Waals surface area contributed by atoms with E-state index in [1.54, 1.807) is 6.07 Å². The van der Waals surface area contributed by atoms with Gasteiger partial charge in [-0.1, -0.05) is 13.0 Å². The minimum Gasteiger partial charge on any atom is -0.367 e. The maximum atomic E-state index is 14.2. The lowest BCUT2D eigenvalue weighted by molar-refractivity contribution is 0.266. The average molecular weight is 265 g/mol. The van der Waals surface area contributed by atoms with E-state index in [9.17, 15) is 4.39 Å². The molecular formula is C15H24FN3. The monoisotopic (exact) mass is 265 g/mol. The predicted molar refractivity (Wildman–Crippen MR) is 78.0 cm³/mol. The Hall–Kier alpha value is -1.13. The number of likely N-dealkylation sites (N-methyl/N-ethyl adjacent to an activating group) is 1. The topological polar surface area (TPSA) is 32.5 Å². The number of halogens is 1. The zero-order valence-corrected chi connectivity index (χ0v) is 12.1. The van der Waals surface area contributed by atoms with Crippen molar-refractivity contribution in [3.05, 3.63) is 29.6 Å². The van der Waals surface area contributed by atoms with Gasteiger partial charge in [0.25, 0.3) is 0 Å². The first-order chi connectivity index (χ1) is 9.02. The van der Waals surface area contributed by atoms with Gasteiger partial charge in [-0.25, -0.2) is 4.39 Å². The standard InChI is InChI=1S/C15H24FN3/c1-11-9-19(10-15(11)18(2)3)14-5-4-12(6-7-17)8-13(14)16/h4-5,8,11,15H,6-7,9-10,17H2,1-3H3. The molecule has 2 atom stereocenters. The molecule has 0 bridgehead atoms. The van der Waals surface area contributed by atoms with Crippen molar-refractivity contribution in [1.82, 2.24) is 4.90 Å². The van der Waals surface area contributed by atoms with E-state index in [1.807, 2.05) is 12.1 Å². The third kappa shape index (κ3) is 3.07. The van der Waals surface area contributed by atoms with Crippen LogP contribution in [0.4, 0.5) is 10.1 Å². The largest absolute Gasteiger partial charge is 0.367 e. The highest BCUT2D eigenvalue weighted by molar-refractivity contribution is 5.50. The van der Waals surface area contributed by atoms with Gasteiger partial charge in [0.15, 0.2) is 0 Å². The van der Waals surface area contributed by atoms with E-state index < -0.39 is 0 Å². The van der Waals surface area contributed by atoms with Gasteiger partial charge in [0.2, 0.25) is 0 Å². The number of anilines is 1. The maximum Gasteiger partial charge on any atom is 0.146 e. The first kappa shape index (κ1) is 14.3. The molecule has 0 saturated carbocycles. The Labute approximate surface area is 115 Å². The second-order valence-electron chi connectivity index (χ2n) is 5.74. The molecule has 3 nitrogen and oxygen atoms in total. The summed E-state index contributed by atoms with van der Waals surface area (Å²) in [6.07, 6.45) is 0.730. The molecule has 4 heteroatoms. The van der Waals surface area contributed by atoms with Crippen molar-refractivity contribution in [2.24, 2.45) is 11.7 Å². The highest BCUT2D eigenvalue weighted by Gasteiger charge is 2.32. The molecule has 2 unspecified atom stereocenters. The molecule has 0 spiro atoms. The van der Waals surface area contributed by atoms with Crippen molar-refractivity contribution in [3.63, 3.8) is 0 Å². The molecule has 0 aromatic heterocycles. The van der Waals surface area contributed by atoms with Gasteiger partial charge < -0.3 is 15.5 Å². The van der Waals surface area contributed by atoms with E-state index in [2.05, 4.69) is 30.8 Å². The maximum absolute atomic E-state index is 14.2. The van der Waals surface area contributed by atoms with Crippen LogP contribution in [0.25, 0.3) is 0 Å². The molecule has 1 aliphatic heterocycles. The van der Waals surface area contributed by atoms with Crippen molar-refractivity contribution >= 4 is 5.69 Å². The Morgan fingerprint density at radius 1 is 1.37 bits per heavy atom. The van der Waals surface area contributed by atoms with E-state index in [0.29, 0.717) is 18.5 Å². The molecule has 2 rings (SSSR count). The first-order valence-corrected chi connectivity index (χ1v) is 6.92. The molecule has 0 radical (unpaired) electrons. The van der Waals surface area contributed by atoms with E-state index in [0.717, 1.165) is 30.8 Å². The summed E-state index contributed by atoms with van der Waals surface area (Å²) in [5.74, 6) is 0.427. The highest BCUT2D eigenvalue weighted by atomic mass is 19.1.